The van der Waals surface area contributed by atoms with Crippen molar-refractivity contribution in [3.8, 4) is 5.75 Å². The molecule has 91 valence electrons. The van der Waals surface area contributed by atoms with E-state index in [0.717, 1.165) is 45.4 Å². The fraction of sp³-hybridized carbons (Fsp3) is 0.333. The second kappa shape index (κ2) is 6.47. The second-order valence-electron chi connectivity index (χ2n) is 3.41. The summed E-state index contributed by atoms with van der Waals surface area (Å²) in [5.74, 6) is 1.80. The van der Waals surface area contributed by atoms with Crippen LogP contribution in [0, 0.1) is 6.92 Å². The van der Waals surface area contributed by atoms with Gasteiger partial charge in [-0.2, -0.15) is 0 Å². The molecule has 0 radical (unpaired) electrons. The van der Waals surface area contributed by atoms with Crippen LogP contribution in [0.1, 0.15) is 12.6 Å². The van der Waals surface area contributed by atoms with E-state index in [-0.39, 0.29) is 0 Å². The van der Waals surface area contributed by atoms with E-state index in [1.165, 1.54) is 0 Å². The molecule has 0 saturated heterocycles. The summed E-state index contributed by atoms with van der Waals surface area (Å²) in [6.07, 6.45) is 0. The predicted octanol–water partition coefficient (Wildman–Crippen LogP) is 2.42. The number of rotatable bonds is 3. The molecule has 2 aromatic rings. The first-order chi connectivity index (χ1) is 8.27. The van der Waals surface area contributed by atoms with Gasteiger partial charge in [-0.05, 0) is 25.3 Å². The van der Waals surface area contributed by atoms with Crippen LogP contribution in [0.15, 0.2) is 18.2 Å². The number of nitrogens with one attached hydrogen (secondary N) is 1. The summed E-state index contributed by atoms with van der Waals surface area (Å²) in [5, 5.41) is 5.34. The molecule has 1 heterocycles. The average Bonchev–Trinajstić information content (AvgIpc) is 2.71. The number of benzene rings is 1. The van der Waals surface area contributed by atoms with E-state index >= 15 is 0 Å². The van der Waals surface area contributed by atoms with E-state index in [2.05, 4.69) is 16.4 Å². The van der Waals surface area contributed by atoms with Gasteiger partial charge in [0.05, 0.1) is 6.61 Å². The Morgan fingerprint density at radius 1 is 1.41 bits per heavy atom. The monoisotopic (exact) mass is 270 g/mol. The zero-order valence-electron chi connectivity index (χ0n) is 10.2. The van der Waals surface area contributed by atoms with Crippen LogP contribution < -0.4 is 15.0 Å². The van der Waals surface area contributed by atoms with Gasteiger partial charge in [0.25, 0.3) is 0 Å². The first-order valence-corrected chi connectivity index (χ1v) is 5.89. The molecule has 0 spiro atoms. The average molecular weight is 270 g/mol. The van der Waals surface area contributed by atoms with Crippen molar-refractivity contribution in [3.05, 3.63) is 23.9 Å². The number of hydrogen-bond acceptors (Lipinski definition) is 3. The van der Waals surface area contributed by atoms with Crippen molar-refractivity contribution < 1.29 is 25.8 Å². The van der Waals surface area contributed by atoms with Crippen molar-refractivity contribution in [2.45, 2.75) is 13.8 Å². The van der Waals surface area contributed by atoms with Crippen LogP contribution in [0.25, 0.3) is 10.8 Å². The zero-order valence-corrected chi connectivity index (χ0v) is 11.5. The van der Waals surface area contributed by atoms with E-state index < -0.39 is 0 Å². The van der Waals surface area contributed by atoms with Crippen molar-refractivity contribution >= 4 is 16.6 Å². The maximum absolute atomic E-state index is 8.19. The first-order valence-electron chi connectivity index (χ1n) is 5.32. The molecule has 2 rings (SSSR count). The number of aromatic nitrogens is 1. The van der Waals surface area contributed by atoms with Gasteiger partial charge in [0.15, 0.2) is 0 Å². The van der Waals surface area contributed by atoms with E-state index in [9.17, 15) is 0 Å². The van der Waals surface area contributed by atoms with Crippen LogP contribution in [0.3, 0.4) is 0 Å². The molecule has 5 heteroatoms. The fourth-order valence-electron chi connectivity index (χ4n) is 1.82. The Balaban J connectivity index is 0.000000686. The van der Waals surface area contributed by atoms with Crippen LogP contribution >= 0.6 is 0 Å². The summed E-state index contributed by atoms with van der Waals surface area (Å²) < 4.78 is 13.8. The third kappa shape index (κ3) is 2.71. The first kappa shape index (κ1) is 13.8. The fourth-order valence-corrected chi connectivity index (χ4v) is 1.82. The molecule has 0 amide bonds. The number of aryl methyl sites for hydroxylation is 1. The van der Waals surface area contributed by atoms with E-state index in [4.69, 9.17) is 8.41 Å². The quantitative estimate of drug-likeness (QED) is 0.930. The van der Waals surface area contributed by atoms with Crippen molar-refractivity contribution in [1.29, 1.82) is 0 Å². The molecule has 0 aliphatic heterocycles. The van der Waals surface area contributed by atoms with Crippen LogP contribution in [0.4, 0.5) is 5.82 Å². The summed E-state index contributed by atoms with van der Waals surface area (Å²) in [7, 11) is 1.88. The van der Waals surface area contributed by atoms with Crippen molar-refractivity contribution in [2.24, 2.45) is 0 Å². The van der Waals surface area contributed by atoms with Gasteiger partial charge < -0.3 is 15.0 Å². The third-order valence-electron chi connectivity index (χ3n) is 2.47. The summed E-state index contributed by atoms with van der Waals surface area (Å²) in [6, 6.07) is 6.05. The Morgan fingerprint density at radius 3 is 2.71 bits per heavy atom. The SMILES string of the molecule is CCOc1cccc2c(C)[n-]c(NC)c12.[O]=[V]. The van der Waals surface area contributed by atoms with Crippen molar-refractivity contribution in [2.75, 3.05) is 19.0 Å². The maximum atomic E-state index is 8.19. The summed E-state index contributed by atoms with van der Waals surface area (Å²) in [4.78, 5) is 4.46. The van der Waals surface area contributed by atoms with Gasteiger partial charge in [-0.25, -0.2) is 0 Å². The number of fused-ring (bicyclic) bond motifs is 1. The van der Waals surface area contributed by atoms with Gasteiger partial charge in [0.2, 0.25) is 0 Å². The molecular formula is C12H15N2O2V-. The molecule has 4 nitrogen and oxygen atoms in total. The summed E-state index contributed by atoms with van der Waals surface area (Å²) in [6.45, 7) is 4.67. The topological polar surface area (TPSA) is 52.4 Å². The molecule has 0 aliphatic rings. The third-order valence-corrected chi connectivity index (χ3v) is 2.47. The van der Waals surface area contributed by atoms with Gasteiger partial charge in [0.1, 0.15) is 5.75 Å². The molecule has 0 bridgehead atoms. The van der Waals surface area contributed by atoms with Crippen molar-refractivity contribution in [1.82, 2.24) is 4.98 Å². The Hall–Kier alpha value is -1.26. The molecule has 0 unspecified atom stereocenters. The molecule has 0 saturated carbocycles. The molecule has 0 fully saturated rings. The van der Waals surface area contributed by atoms with Crippen LogP contribution in [0.2, 0.25) is 0 Å². The Bertz CT molecular complexity index is 496. The molecule has 1 aromatic heterocycles. The Morgan fingerprint density at radius 2 is 2.12 bits per heavy atom. The van der Waals surface area contributed by atoms with Gasteiger partial charge in [-0.3, -0.25) is 0 Å². The molecular weight excluding hydrogens is 255 g/mol. The number of hydrogen-bond donors (Lipinski definition) is 1. The number of nitrogens with zero attached hydrogens (tertiary/aromatic N) is 1. The van der Waals surface area contributed by atoms with E-state index in [1.807, 2.05) is 33.0 Å². The normalized spacial score (nSPS) is 9.53. The van der Waals surface area contributed by atoms with Gasteiger partial charge in [0, 0.05) is 5.39 Å². The second-order valence-corrected chi connectivity index (χ2v) is 3.41. The number of ether oxygens (including phenoxy) is 1. The molecule has 1 N–H and O–H groups in total. The van der Waals surface area contributed by atoms with Crippen LogP contribution in [-0.2, 0) is 21.0 Å². The molecule has 0 aliphatic carbocycles. The molecule has 0 atom stereocenters. The van der Waals surface area contributed by atoms with Crippen LogP contribution in [0.5, 0.6) is 5.75 Å². The minimum atomic E-state index is 0.673. The Labute approximate surface area is 110 Å². The van der Waals surface area contributed by atoms with E-state index in [1.54, 1.807) is 0 Å². The van der Waals surface area contributed by atoms with Crippen molar-refractivity contribution in [3.63, 3.8) is 0 Å². The summed E-state index contributed by atoms with van der Waals surface area (Å²) >= 11 is 1.06. The van der Waals surface area contributed by atoms with Gasteiger partial charge in [-0.15, -0.1) is 0 Å². The van der Waals surface area contributed by atoms with E-state index in [0.29, 0.717) is 6.61 Å². The minimum absolute atomic E-state index is 0.673. The zero-order chi connectivity index (χ0) is 12.8. The van der Waals surface area contributed by atoms with Gasteiger partial charge >= 0.3 is 21.0 Å². The molecule has 17 heavy (non-hydrogen) atoms. The standard InChI is InChI=1S/C12H15N2O.O.V/c1-4-15-10-7-5-6-9-8(2)14-12(13-3)11(9)10;;/h5-7,13H,4H2,1-3H3;;/q-1;;. The predicted molar refractivity (Wildman–Crippen MR) is 63.4 cm³/mol. The van der Waals surface area contributed by atoms with Crippen LogP contribution in [-0.4, -0.2) is 13.7 Å². The van der Waals surface area contributed by atoms with Gasteiger partial charge in [-0.1, -0.05) is 30.7 Å². The summed E-state index contributed by atoms with van der Waals surface area (Å²) in [5.41, 5.74) is 1.04. The molecule has 1 aromatic carbocycles. The Kier molecular flexibility index (Phi) is 5.26. The number of anilines is 1.